The van der Waals surface area contributed by atoms with Gasteiger partial charge in [0.2, 0.25) is 0 Å². The maximum absolute atomic E-state index is 10.8. The number of benzene rings is 1. The molecule has 0 bridgehead atoms. The van der Waals surface area contributed by atoms with Crippen LogP contribution < -0.4 is 0 Å². The van der Waals surface area contributed by atoms with Crippen LogP contribution >= 0.6 is 15.9 Å². The Kier molecular flexibility index (Phi) is 3.69. The first-order chi connectivity index (χ1) is 6.45. The van der Waals surface area contributed by atoms with Gasteiger partial charge in [-0.2, -0.15) is 8.42 Å². The molecule has 0 amide bonds. The number of hydrogen-bond donors (Lipinski definition) is 1. The van der Waals surface area contributed by atoms with Crippen molar-refractivity contribution in [1.29, 1.82) is 0 Å². The van der Waals surface area contributed by atoms with E-state index in [4.69, 9.17) is 4.55 Å². The first-order valence-corrected chi connectivity index (χ1v) is 6.64. The van der Waals surface area contributed by atoms with Crippen LogP contribution in [-0.4, -0.2) is 18.3 Å². The molecule has 1 aromatic rings. The second-order valence-electron chi connectivity index (χ2n) is 3.00. The summed E-state index contributed by atoms with van der Waals surface area (Å²) in [7, 11) is -4.08. The van der Waals surface area contributed by atoms with Crippen LogP contribution in [0.4, 0.5) is 0 Å². The van der Waals surface area contributed by atoms with E-state index in [0.29, 0.717) is 0 Å². The number of aryl methyl sites for hydroxylation is 2. The number of rotatable bonds is 3. The molecule has 14 heavy (non-hydrogen) atoms. The summed E-state index contributed by atoms with van der Waals surface area (Å²) in [6, 6.07) is 4.61. The van der Waals surface area contributed by atoms with Gasteiger partial charge in [-0.05, 0) is 36.6 Å². The summed E-state index contributed by atoms with van der Waals surface area (Å²) in [5.74, 6) is 0. The molecule has 0 heterocycles. The van der Waals surface area contributed by atoms with Gasteiger partial charge in [0.05, 0.1) is 4.90 Å². The highest BCUT2D eigenvalue weighted by Crippen LogP contribution is 2.16. The topological polar surface area (TPSA) is 54.4 Å². The van der Waals surface area contributed by atoms with Crippen molar-refractivity contribution in [2.45, 2.75) is 18.2 Å². The van der Waals surface area contributed by atoms with Gasteiger partial charge in [0.25, 0.3) is 10.1 Å². The molecular formula is C9H11BrO3S. The Balaban J connectivity index is 3.20. The quantitative estimate of drug-likeness (QED) is 0.681. The molecule has 0 aromatic heterocycles. The fraction of sp³-hybridized carbons (Fsp3) is 0.333. The smallest absolute Gasteiger partial charge is 0.282 e. The van der Waals surface area contributed by atoms with E-state index in [1.807, 2.05) is 6.92 Å². The third kappa shape index (κ3) is 2.80. The van der Waals surface area contributed by atoms with Crippen LogP contribution in [0.1, 0.15) is 11.1 Å². The summed E-state index contributed by atoms with van der Waals surface area (Å²) < 4.78 is 30.5. The van der Waals surface area contributed by atoms with Crippen molar-refractivity contribution >= 4 is 26.0 Å². The monoisotopic (exact) mass is 278 g/mol. The predicted octanol–water partition coefficient (Wildman–Crippen LogP) is 2.18. The van der Waals surface area contributed by atoms with Gasteiger partial charge in [-0.25, -0.2) is 0 Å². The SMILES string of the molecule is Cc1ccc(S(=O)(=O)O)cc1CCBr. The Morgan fingerprint density at radius 2 is 2.07 bits per heavy atom. The first kappa shape index (κ1) is 11.7. The van der Waals surface area contributed by atoms with E-state index in [1.54, 1.807) is 6.07 Å². The summed E-state index contributed by atoms with van der Waals surface area (Å²) in [4.78, 5) is -0.0425. The van der Waals surface area contributed by atoms with E-state index in [0.717, 1.165) is 22.9 Å². The maximum atomic E-state index is 10.8. The second-order valence-corrected chi connectivity index (χ2v) is 5.22. The molecule has 0 saturated heterocycles. The molecule has 0 saturated carbocycles. The molecule has 1 aromatic carbocycles. The van der Waals surface area contributed by atoms with Crippen molar-refractivity contribution in [1.82, 2.24) is 0 Å². The largest absolute Gasteiger partial charge is 0.294 e. The molecule has 0 radical (unpaired) electrons. The van der Waals surface area contributed by atoms with Gasteiger partial charge in [0.1, 0.15) is 0 Å². The second kappa shape index (κ2) is 4.42. The van der Waals surface area contributed by atoms with E-state index in [2.05, 4.69) is 15.9 Å². The first-order valence-electron chi connectivity index (χ1n) is 4.08. The van der Waals surface area contributed by atoms with Crippen LogP contribution in [-0.2, 0) is 16.5 Å². The van der Waals surface area contributed by atoms with E-state index < -0.39 is 10.1 Å². The van der Waals surface area contributed by atoms with Gasteiger partial charge in [-0.3, -0.25) is 4.55 Å². The fourth-order valence-electron chi connectivity index (χ4n) is 1.18. The van der Waals surface area contributed by atoms with Gasteiger partial charge >= 0.3 is 0 Å². The van der Waals surface area contributed by atoms with Crippen molar-refractivity contribution in [3.63, 3.8) is 0 Å². The summed E-state index contributed by atoms with van der Waals surface area (Å²) >= 11 is 3.28. The number of hydrogen-bond acceptors (Lipinski definition) is 2. The van der Waals surface area contributed by atoms with Crippen molar-refractivity contribution in [2.75, 3.05) is 5.33 Å². The minimum absolute atomic E-state index is 0.0425. The van der Waals surface area contributed by atoms with Crippen molar-refractivity contribution < 1.29 is 13.0 Å². The molecule has 1 rings (SSSR count). The molecular weight excluding hydrogens is 268 g/mol. The van der Waals surface area contributed by atoms with Crippen LogP contribution in [0, 0.1) is 6.92 Å². The molecule has 5 heteroatoms. The standard InChI is InChI=1S/C9H11BrO3S/c1-7-2-3-9(14(11,12)13)6-8(7)4-5-10/h2-3,6H,4-5H2,1H3,(H,11,12,13). The number of alkyl halides is 1. The van der Waals surface area contributed by atoms with E-state index in [9.17, 15) is 8.42 Å². The van der Waals surface area contributed by atoms with Gasteiger partial charge in [-0.1, -0.05) is 22.0 Å². The summed E-state index contributed by atoms with van der Waals surface area (Å²) in [6.07, 6.45) is 0.745. The average molecular weight is 279 g/mol. The van der Waals surface area contributed by atoms with Gasteiger partial charge < -0.3 is 0 Å². The van der Waals surface area contributed by atoms with Gasteiger partial charge in [0.15, 0.2) is 0 Å². The molecule has 0 spiro atoms. The Labute approximate surface area is 92.0 Å². The van der Waals surface area contributed by atoms with Crippen molar-refractivity contribution in [3.8, 4) is 0 Å². The summed E-state index contributed by atoms with van der Waals surface area (Å²) in [6.45, 7) is 1.91. The van der Waals surface area contributed by atoms with E-state index in [-0.39, 0.29) is 4.90 Å². The zero-order valence-corrected chi connectivity index (χ0v) is 10.1. The molecule has 0 aliphatic heterocycles. The normalized spacial score (nSPS) is 11.6. The van der Waals surface area contributed by atoms with Crippen LogP contribution in [0.15, 0.2) is 23.1 Å². The zero-order chi connectivity index (χ0) is 10.8. The lowest BCUT2D eigenvalue weighted by molar-refractivity contribution is 0.483. The highest BCUT2D eigenvalue weighted by atomic mass is 79.9. The van der Waals surface area contributed by atoms with E-state index in [1.165, 1.54) is 12.1 Å². The van der Waals surface area contributed by atoms with Crippen LogP contribution in [0.25, 0.3) is 0 Å². The minimum atomic E-state index is -4.08. The molecule has 0 unspecified atom stereocenters. The van der Waals surface area contributed by atoms with E-state index >= 15 is 0 Å². The molecule has 0 aliphatic carbocycles. The van der Waals surface area contributed by atoms with Crippen molar-refractivity contribution in [3.05, 3.63) is 29.3 Å². The van der Waals surface area contributed by atoms with Crippen LogP contribution in [0.5, 0.6) is 0 Å². The Hall–Kier alpha value is -0.390. The molecule has 1 N–H and O–H groups in total. The highest BCUT2D eigenvalue weighted by molar-refractivity contribution is 9.09. The molecule has 0 atom stereocenters. The van der Waals surface area contributed by atoms with Gasteiger partial charge in [0, 0.05) is 5.33 Å². The predicted molar refractivity (Wildman–Crippen MR) is 58.5 cm³/mol. The summed E-state index contributed by atoms with van der Waals surface area (Å²) in [5.41, 5.74) is 1.95. The Morgan fingerprint density at radius 1 is 1.43 bits per heavy atom. The zero-order valence-electron chi connectivity index (χ0n) is 7.70. The third-order valence-corrected chi connectivity index (χ3v) is 3.23. The fourth-order valence-corrected chi connectivity index (χ4v) is 2.14. The maximum Gasteiger partial charge on any atom is 0.294 e. The highest BCUT2D eigenvalue weighted by Gasteiger charge is 2.10. The molecule has 0 aliphatic rings. The van der Waals surface area contributed by atoms with Crippen molar-refractivity contribution in [2.24, 2.45) is 0 Å². The number of halogens is 1. The van der Waals surface area contributed by atoms with Crippen LogP contribution in [0.2, 0.25) is 0 Å². The lowest BCUT2D eigenvalue weighted by atomic mass is 10.1. The molecule has 78 valence electrons. The summed E-state index contributed by atoms with van der Waals surface area (Å²) in [5, 5.41) is 0.767. The minimum Gasteiger partial charge on any atom is -0.282 e. The Bertz CT molecular complexity index is 426. The van der Waals surface area contributed by atoms with Gasteiger partial charge in [-0.15, -0.1) is 0 Å². The molecule has 3 nitrogen and oxygen atoms in total. The third-order valence-electron chi connectivity index (χ3n) is 1.98. The average Bonchev–Trinajstić information content (AvgIpc) is 2.07. The Morgan fingerprint density at radius 3 is 2.57 bits per heavy atom. The lowest BCUT2D eigenvalue weighted by Gasteiger charge is -2.05. The molecule has 0 fully saturated rings. The lowest BCUT2D eigenvalue weighted by Crippen LogP contribution is -2.00. The van der Waals surface area contributed by atoms with Crippen LogP contribution in [0.3, 0.4) is 0 Å².